The van der Waals surface area contributed by atoms with Gasteiger partial charge in [-0.3, -0.25) is 5.41 Å². The maximum Gasteiger partial charge on any atom is 0.417 e. The van der Waals surface area contributed by atoms with Gasteiger partial charge in [0.05, 0.1) is 11.1 Å². The van der Waals surface area contributed by atoms with Crippen molar-refractivity contribution < 1.29 is 26.3 Å². The molecule has 0 radical (unpaired) electrons. The molecule has 11 heteroatoms. The summed E-state index contributed by atoms with van der Waals surface area (Å²) >= 11 is 5.58. The molecular formula is C15H9Br2F6N3. The van der Waals surface area contributed by atoms with Crippen molar-refractivity contribution in [2.75, 3.05) is 10.6 Å². The highest BCUT2D eigenvalue weighted by Gasteiger charge is 2.34. The van der Waals surface area contributed by atoms with E-state index in [2.05, 4.69) is 42.5 Å². The minimum Gasteiger partial charge on any atom is -0.326 e. The summed E-state index contributed by atoms with van der Waals surface area (Å²) in [5.74, 6) is -0.490. The van der Waals surface area contributed by atoms with Crippen molar-refractivity contribution in [3.05, 3.63) is 56.5 Å². The van der Waals surface area contributed by atoms with Gasteiger partial charge in [-0.2, -0.15) is 26.3 Å². The Morgan fingerprint density at radius 1 is 0.731 bits per heavy atom. The van der Waals surface area contributed by atoms with Gasteiger partial charge < -0.3 is 10.6 Å². The fraction of sp³-hybridized carbons (Fsp3) is 0.133. The minimum atomic E-state index is -4.60. The number of alkyl halides is 6. The van der Waals surface area contributed by atoms with Gasteiger partial charge in [-0.15, -0.1) is 0 Å². The zero-order valence-electron chi connectivity index (χ0n) is 12.5. The molecule has 2 rings (SSSR count). The van der Waals surface area contributed by atoms with E-state index in [1.54, 1.807) is 0 Å². The highest BCUT2D eigenvalue weighted by Crippen LogP contribution is 2.37. The molecule has 0 saturated carbocycles. The van der Waals surface area contributed by atoms with E-state index < -0.39 is 29.4 Å². The lowest BCUT2D eigenvalue weighted by Crippen LogP contribution is -2.21. The van der Waals surface area contributed by atoms with Gasteiger partial charge in [0.25, 0.3) is 0 Å². The average Bonchev–Trinajstić information content (AvgIpc) is 2.49. The van der Waals surface area contributed by atoms with E-state index in [4.69, 9.17) is 5.41 Å². The van der Waals surface area contributed by atoms with Gasteiger partial charge in [0, 0.05) is 20.3 Å². The summed E-state index contributed by atoms with van der Waals surface area (Å²) in [5.41, 5.74) is -1.99. The Morgan fingerprint density at radius 2 is 1.08 bits per heavy atom. The zero-order valence-corrected chi connectivity index (χ0v) is 15.7. The molecule has 26 heavy (non-hydrogen) atoms. The lowest BCUT2D eigenvalue weighted by atomic mass is 10.2. The van der Waals surface area contributed by atoms with Gasteiger partial charge in [-0.05, 0) is 36.4 Å². The van der Waals surface area contributed by atoms with Crippen molar-refractivity contribution in [2.24, 2.45) is 0 Å². The summed E-state index contributed by atoms with van der Waals surface area (Å²) in [6, 6.07) is 6.45. The SMILES string of the molecule is N=C(Nc1ccc(Br)c(C(F)(F)F)c1)Nc1ccc(Br)c(C(F)(F)F)c1. The molecule has 0 aliphatic rings. The first kappa shape index (κ1) is 20.6. The zero-order chi connectivity index (χ0) is 19.7. The van der Waals surface area contributed by atoms with Crippen LogP contribution < -0.4 is 10.6 Å². The minimum absolute atomic E-state index is 0.0498. The molecule has 2 aromatic rings. The Morgan fingerprint density at radius 3 is 1.38 bits per heavy atom. The monoisotopic (exact) mass is 503 g/mol. The van der Waals surface area contributed by atoms with Crippen LogP contribution in [0.5, 0.6) is 0 Å². The largest absolute Gasteiger partial charge is 0.417 e. The Labute approximate surface area is 160 Å². The van der Waals surface area contributed by atoms with Gasteiger partial charge >= 0.3 is 12.4 Å². The van der Waals surface area contributed by atoms with Crippen molar-refractivity contribution >= 4 is 49.2 Å². The van der Waals surface area contributed by atoms with Gasteiger partial charge in [0.1, 0.15) is 0 Å². The number of halogens is 8. The molecule has 0 amide bonds. The van der Waals surface area contributed by atoms with E-state index >= 15 is 0 Å². The van der Waals surface area contributed by atoms with Gasteiger partial charge in [0.2, 0.25) is 0 Å². The molecule has 0 aromatic heterocycles. The van der Waals surface area contributed by atoms with Crippen molar-refractivity contribution in [3.63, 3.8) is 0 Å². The van der Waals surface area contributed by atoms with Crippen LogP contribution in [0, 0.1) is 5.41 Å². The van der Waals surface area contributed by atoms with Crippen LogP contribution in [0.1, 0.15) is 11.1 Å². The molecule has 0 saturated heterocycles. The Bertz CT molecular complexity index is 766. The van der Waals surface area contributed by atoms with Crippen LogP contribution in [0.2, 0.25) is 0 Å². The number of guanidine groups is 1. The lowest BCUT2D eigenvalue weighted by Gasteiger charge is -2.15. The van der Waals surface area contributed by atoms with E-state index in [0.29, 0.717) is 0 Å². The first-order valence-corrected chi connectivity index (χ1v) is 8.32. The number of nitrogens with one attached hydrogen (secondary N) is 3. The molecule has 0 atom stereocenters. The molecule has 0 spiro atoms. The first-order valence-electron chi connectivity index (χ1n) is 6.74. The third kappa shape index (κ3) is 5.13. The second kappa shape index (κ2) is 7.47. The molecule has 3 nitrogen and oxygen atoms in total. The number of hydrogen-bond acceptors (Lipinski definition) is 1. The molecule has 0 bridgehead atoms. The van der Waals surface area contributed by atoms with Gasteiger partial charge in [-0.25, -0.2) is 0 Å². The fourth-order valence-corrected chi connectivity index (χ4v) is 2.90. The predicted molar refractivity (Wildman–Crippen MR) is 93.3 cm³/mol. The van der Waals surface area contributed by atoms with Crippen LogP contribution in [0.15, 0.2) is 45.3 Å². The Kier molecular flexibility index (Phi) is 5.91. The maximum absolute atomic E-state index is 12.9. The summed E-state index contributed by atoms with van der Waals surface area (Å²) in [7, 11) is 0. The predicted octanol–water partition coefficient (Wildman–Crippen LogP) is 6.71. The highest BCUT2D eigenvalue weighted by molar-refractivity contribution is 9.10. The topological polar surface area (TPSA) is 47.9 Å². The van der Waals surface area contributed by atoms with Crippen molar-refractivity contribution in [3.8, 4) is 0 Å². The number of rotatable bonds is 2. The van der Waals surface area contributed by atoms with Crippen LogP contribution in [-0.2, 0) is 12.4 Å². The first-order chi connectivity index (χ1) is 11.9. The number of anilines is 2. The standard InChI is InChI=1S/C15H9Br2F6N3/c16-11-3-1-7(5-9(11)14(18,19)20)25-13(24)26-8-2-4-12(17)10(6-8)15(21,22)23/h1-6H,(H3,24,25,26). The molecule has 0 unspecified atom stereocenters. The van der Waals surface area contributed by atoms with E-state index in [0.717, 1.165) is 24.3 Å². The second-order valence-corrected chi connectivity index (χ2v) is 6.72. The Hall–Kier alpha value is -1.75. The average molecular weight is 505 g/mol. The molecular weight excluding hydrogens is 496 g/mol. The van der Waals surface area contributed by atoms with E-state index in [1.807, 2.05) is 0 Å². The summed E-state index contributed by atoms with van der Waals surface area (Å²) in [5, 5.41) is 12.4. The number of benzene rings is 2. The van der Waals surface area contributed by atoms with Crippen molar-refractivity contribution in [1.29, 1.82) is 5.41 Å². The summed E-state index contributed by atoms with van der Waals surface area (Å²) in [6.07, 6.45) is -9.20. The summed E-state index contributed by atoms with van der Waals surface area (Å²) < 4.78 is 76.9. The molecule has 2 aromatic carbocycles. The summed E-state index contributed by atoms with van der Waals surface area (Å²) in [6.45, 7) is 0. The third-order valence-electron chi connectivity index (χ3n) is 3.08. The van der Waals surface area contributed by atoms with Crippen LogP contribution >= 0.6 is 31.9 Å². The summed E-state index contributed by atoms with van der Waals surface area (Å²) in [4.78, 5) is 0. The van der Waals surface area contributed by atoms with Gasteiger partial charge in [0.15, 0.2) is 5.96 Å². The Balaban J connectivity index is 2.18. The maximum atomic E-state index is 12.9. The molecule has 0 heterocycles. The molecule has 0 fully saturated rings. The molecule has 140 valence electrons. The van der Waals surface area contributed by atoms with Crippen LogP contribution in [-0.4, -0.2) is 5.96 Å². The quantitative estimate of drug-likeness (QED) is 0.242. The highest BCUT2D eigenvalue weighted by atomic mass is 79.9. The van der Waals surface area contributed by atoms with E-state index in [1.165, 1.54) is 12.1 Å². The lowest BCUT2D eigenvalue weighted by molar-refractivity contribution is -0.139. The molecule has 0 aliphatic heterocycles. The fourth-order valence-electron chi connectivity index (χ4n) is 1.96. The van der Waals surface area contributed by atoms with Crippen LogP contribution in [0.4, 0.5) is 37.7 Å². The normalized spacial score (nSPS) is 12.0. The third-order valence-corrected chi connectivity index (χ3v) is 4.47. The second-order valence-electron chi connectivity index (χ2n) is 5.01. The van der Waals surface area contributed by atoms with Crippen molar-refractivity contribution in [2.45, 2.75) is 12.4 Å². The molecule has 3 N–H and O–H groups in total. The smallest absolute Gasteiger partial charge is 0.326 e. The van der Waals surface area contributed by atoms with Crippen LogP contribution in [0.25, 0.3) is 0 Å². The van der Waals surface area contributed by atoms with Crippen LogP contribution in [0.3, 0.4) is 0 Å². The molecule has 0 aliphatic carbocycles. The van der Waals surface area contributed by atoms with E-state index in [-0.39, 0.29) is 20.3 Å². The van der Waals surface area contributed by atoms with E-state index in [9.17, 15) is 26.3 Å². The van der Waals surface area contributed by atoms with Crippen molar-refractivity contribution in [1.82, 2.24) is 0 Å². The number of hydrogen-bond donors (Lipinski definition) is 3. The van der Waals surface area contributed by atoms with Gasteiger partial charge in [-0.1, -0.05) is 31.9 Å².